The monoisotopic (exact) mass is 273 g/mol. The van der Waals surface area contributed by atoms with Gasteiger partial charge in [-0.3, -0.25) is 4.72 Å². The summed E-state index contributed by atoms with van der Waals surface area (Å²) in [7, 11) is -3.65. The molecule has 0 amide bonds. The van der Waals surface area contributed by atoms with Crippen LogP contribution in [0.1, 0.15) is 17.8 Å². The number of hydrogen-bond donors (Lipinski definition) is 2. The molecular weight excluding hydrogens is 262 g/mol. The molecule has 0 fully saturated rings. The van der Waals surface area contributed by atoms with Crippen molar-refractivity contribution in [3.05, 3.63) is 17.0 Å². The van der Waals surface area contributed by atoms with Gasteiger partial charge in [0.25, 0.3) is 10.0 Å². The lowest BCUT2D eigenvalue weighted by atomic mass is 10.5. The first-order valence-corrected chi connectivity index (χ1v) is 7.18. The Hall–Kier alpha value is -1.48. The second kappa shape index (κ2) is 4.41. The molecule has 0 radical (unpaired) electrons. The Labute approximate surface area is 102 Å². The fourth-order valence-electron chi connectivity index (χ4n) is 1.17. The highest BCUT2D eigenvalue weighted by molar-refractivity contribution is 7.92. The number of anilines is 1. The Morgan fingerprint density at radius 3 is 2.76 bits per heavy atom. The van der Waals surface area contributed by atoms with Crippen LogP contribution in [0.5, 0.6) is 0 Å². The molecule has 0 aliphatic heterocycles. The summed E-state index contributed by atoms with van der Waals surface area (Å²) in [5.41, 5.74) is 0. The molecule has 9 heteroatoms. The Kier molecular flexibility index (Phi) is 3.11. The lowest BCUT2D eigenvalue weighted by molar-refractivity contribution is 0.598. The third-order valence-corrected chi connectivity index (χ3v) is 4.11. The summed E-state index contributed by atoms with van der Waals surface area (Å²) in [5, 5.41) is 8.40. The van der Waals surface area contributed by atoms with Gasteiger partial charge in [0, 0.05) is 6.42 Å². The smallest absolute Gasteiger partial charge is 0.280 e. The number of imidazole rings is 1. The maximum Gasteiger partial charge on any atom is 0.280 e. The summed E-state index contributed by atoms with van der Waals surface area (Å²) in [6.45, 7) is 3.64. The molecule has 0 aromatic carbocycles. The molecule has 0 saturated carbocycles. The summed E-state index contributed by atoms with van der Waals surface area (Å²) < 4.78 is 26.1. The highest BCUT2D eigenvalue weighted by Gasteiger charge is 2.18. The van der Waals surface area contributed by atoms with Gasteiger partial charge in [-0.15, -0.1) is 10.2 Å². The zero-order valence-electron chi connectivity index (χ0n) is 9.26. The third kappa shape index (κ3) is 2.61. The average Bonchev–Trinajstić information content (AvgIpc) is 2.86. The molecule has 2 rings (SSSR count). The van der Waals surface area contributed by atoms with Gasteiger partial charge in [-0.05, 0) is 6.92 Å². The fraction of sp³-hybridized carbons (Fsp3) is 0.375. The molecular formula is C8H11N5O2S2. The quantitative estimate of drug-likeness (QED) is 0.863. The van der Waals surface area contributed by atoms with Gasteiger partial charge in [0.1, 0.15) is 10.8 Å². The average molecular weight is 273 g/mol. The van der Waals surface area contributed by atoms with Crippen molar-refractivity contribution in [2.45, 2.75) is 25.3 Å². The molecule has 0 saturated heterocycles. The van der Waals surface area contributed by atoms with Gasteiger partial charge in [-0.25, -0.2) is 4.98 Å². The largest absolute Gasteiger partial charge is 0.332 e. The zero-order valence-corrected chi connectivity index (χ0v) is 10.9. The van der Waals surface area contributed by atoms with Crippen molar-refractivity contribution in [1.82, 2.24) is 20.2 Å². The van der Waals surface area contributed by atoms with Gasteiger partial charge in [0.2, 0.25) is 5.13 Å². The van der Waals surface area contributed by atoms with Crippen LogP contribution in [0.25, 0.3) is 0 Å². The van der Waals surface area contributed by atoms with Crippen molar-refractivity contribution in [2.75, 3.05) is 4.72 Å². The molecule has 0 unspecified atom stereocenters. The molecule has 0 bridgehead atoms. The minimum Gasteiger partial charge on any atom is -0.332 e. The second-order valence-corrected chi connectivity index (χ2v) is 6.11. The van der Waals surface area contributed by atoms with E-state index in [0.29, 0.717) is 17.3 Å². The van der Waals surface area contributed by atoms with Gasteiger partial charge >= 0.3 is 0 Å². The van der Waals surface area contributed by atoms with Crippen molar-refractivity contribution in [3.8, 4) is 0 Å². The maximum atomic E-state index is 11.9. The maximum absolute atomic E-state index is 11.9. The van der Waals surface area contributed by atoms with Crippen LogP contribution in [-0.2, 0) is 16.4 Å². The molecule has 17 heavy (non-hydrogen) atoms. The number of hydrogen-bond acceptors (Lipinski definition) is 6. The number of sulfonamides is 1. The summed E-state index contributed by atoms with van der Waals surface area (Å²) in [6, 6.07) is 0. The van der Waals surface area contributed by atoms with E-state index in [1.54, 1.807) is 6.92 Å². The van der Waals surface area contributed by atoms with Crippen molar-refractivity contribution < 1.29 is 8.42 Å². The van der Waals surface area contributed by atoms with Crippen molar-refractivity contribution >= 4 is 26.5 Å². The third-order valence-electron chi connectivity index (χ3n) is 1.98. The summed E-state index contributed by atoms with van der Waals surface area (Å²) in [6.07, 6.45) is 1.93. The van der Waals surface area contributed by atoms with E-state index in [-0.39, 0.29) is 10.2 Å². The zero-order chi connectivity index (χ0) is 12.5. The number of aryl methyl sites for hydroxylation is 2. The van der Waals surface area contributed by atoms with E-state index in [1.807, 2.05) is 6.92 Å². The molecule has 2 aromatic heterocycles. The predicted molar refractivity (Wildman–Crippen MR) is 63.4 cm³/mol. The summed E-state index contributed by atoms with van der Waals surface area (Å²) in [4.78, 5) is 6.67. The topological polar surface area (TPSA) is 101 Å². The molecule has 92 valence electrons. The Balaban J connectivity index is 2.24. The second-order valence-electron chi connectivity index (χ2n) is 3.28. The molecule has 0 spiro atoms. The molecule has 2 N–H and O–H groups in total. The van der Waals surface area contributed by atoms with E-state index in [4.69, 9.17) is 0 Å². The number of aromatic nitrogens is 4. The number of nitrogens with one attached hydrogen (secondary N) is 2. The Bertz CT molecular complexity index is 615. The Morgan fingerprint density at radius 1 is 1.47 bits per heavy atom. The molecule has 2 aromatic rings. The van der Waals surface area contributed by atoms with Gasteiger partial charge in [0.05, 0.1) is 6.20 Å². The van der Waals surface area contributed by atoms with Crippen molar-refractivity contribution in [1.29, 1.82) is 0 Å². The highest BCUT2D eigenvalue weighted by Crippen LogP contribution is 2.18. The summed E-state index contributed by atoms with van der Waals surface area (Å²) >= 11 is 1.18. The van der Waals surface area contributed by atoms with Crippen LogP contribution in [0.3, 0.4) is 0 Å². The van der Waals surface area contributed by atoms with Crippen LogP contribution < -0.4 is 4.72 Å². The predicted octanol–water partition coefficient (Wildman–Crippen LogP) is 0.933. The van der Waals surface area contributed by atoms with Crippen LogP contribution in [0, 0.1) is 6.92 Å². The van der Waals surface area contributed by atoms with Gasteiger partial charge < -0.3 is 4.98 Å². The van der Waals surface area contributed by atoms with Gasteiger partial charge in [-0.1, -0.05) is 18.3 Å². The minimum absolute atomic E-state index is 0.0298. The minimum atomic E-state index is -3.65. The first kappa shape index (κ1) is 12.0. The van der Waals surface area contributed by atoms with E-state index in [1.165, 1.54) is 17.5 Å². The molecule has 0 aliphatic carbocycles. The molecule has 0 aliphatic rings. The highest BCUT2D eigenvalue weighted by atomic mass is 32.2. The first-order chi connectivity index (χ1) is 8.01. The van der Waals surface area contributed by atoms with E-state index in [2.05, 4.69) is 24.9 Å². The first-order valence-electron chi connectivity index (χ1n) is 4.88. The van der Waals surface area contributed by atoms with Crippen LogP contribution in [0.15, 0.2) is 11.2 Å². The number of nitrogens with zero attached hydrogens (tertiary/aromatic N) is 3. The number of H-pyrrole nitrogens is 1. The lowest BCUT2D eigenvalue weighted by Crippen LogP contribution is -2.13. The summed E-state index contributed by atoms with van der Waals surface area (Å²) in [5.74, 6) is 0.624. The normalized spacial score (nSPS) is 11.6. The van der Waals surface area contributed by atoms with Crippen molar-refractivity contribution in [3.63, 3.8) is 0 Å². The van der Waals surface area contributed by atoms with Gasteiger partial charge in [0.15, 0.2) is 5.03 Å². The van der Waals surface area contributed by atoms with Crippen LogP contribution in [-0.4, -0.2) is 28.6 Å². The SMILES string of the molecule is CCc1ncc(S(=O)(=O)Nc2nnc(C)s2)[nH]1. The molecule has 7 nitrogen and oxygen atoms in total. The molecule has 2 heterocycles. The van der Waals surface area contributed by atoms with Gasteiger partial charge in [-0.2, -0.15) is 8.42 Å². The van der Waals surface area contributed by atoms with E-state index < -0.39 is 10.0 Å². The van der Waals surface area contributed by atoms with E-state index >= 15 is 0 Å². The van der Waals surface area contributed by atoms with E-state index in [9.17, 15) is 8.42 Å². The number of rotatable bonds is 4. The van der Waals surface area contributed by atoms with E-state index in [0.717, 1.165) is 0 Å². The fourth-order valence-corrected chi connectivity index (χ4v) is 2.93. The Morgan fingerprint density at radius 2 is 2.24 bits per heavy atom. The lowest BCUT2D eigenvalue weighted by Gasteiger charge is -2.00. The number of aromatic amines is 1. The van der Waals surface area contributed by atoms with Crippen LogP contribution >= 0.6 is 11.3 Å². The molecule has 0 atom stereocenters. The van der Waals surface area contributed by atoms with Crippen molar-refractivity contribution in [2.24, 2.45) is 0 Å². The standard InChI is InChI=1S/C8H11N5O2S2/c1-3-6-9-4-7(10-6)17(14,15)13-8-12-11-5(2)16-8/h4H,3H2,1-2H3,(H,9,10)(H,12,13). The van der Waals surface area contributed by atoms with Crippen LogP contribution in [0.2, 0.25) is 0 Å². The van der Waals surface area contributed by atoms with Crippen LogP contribution in [0.4, 0.5) is 5.13 Å².